The van der Waals surface area contributed by atoms with Crippen LogP contribution < -0.4 is 9.96 Å². The maximum atomic E-state index is 12.7. The molecule has 1 saturated heterocycles. The van der Waals surface area contributed by atoms with Crippen LogP contribution in [0, 0.1) is 0 Å². The van der Waals surface area contributed by atoms with E-state index in [1.165, 1.54) is 0 Å². The molecule has 124 valence electrons. The van der Waals surface area contributed by atoms with Gasteiger partial charge >= 0.3 is 6.09 Å². The van der Waals surface area contributed by atoms with Crippen LogP contribution in [0.25, 0.3) is 0 Å². The first-order chi connectivity index (χ1) is 12.2. The summed E-state index contributed by atoms with van der Waals surface area (Å²) in [4.78, 5) is 20.0. The number of anilines is 2. The molecular formula is C20H15BrN2O2. The topological polar surface area (TPSA) is 32.8 Å². The van der Waals surface area contributed by atoms with Gasteiger partial charge in [0.1, 0.15) is 0 Å². The van der Waals surface area contributed by atoms with Gasteiger partial charge in [0.05, 0.1) is 5.69 Å². The zero-order chi connectivity index (χ0) is 17.2. The van der Waals surface area contributed by atoms with Gasteiger partial charge in [-0.15, -0.1) is 0 Å². The highest BCUT2D eigenvalue weighted by molar-refractivity contribution is 9.10. The molecule has 1 amide bonds. The van der Waals surface area contributed by atoms with Crippen molar-refractivity contribution >= 4 is 33.4 Å². The summed E-state index contributed by atoms with van der Waals surface area (Å²) in [6.07, 6.45) is -0.796. The Balaban J connectivity index is 1.84. The van der Waals surface area contributed by atoms with E-state index in [0.29, 0.717) is 0 Å². The highest BCUT2D eigenvalue weighted by Crippen LogP contribution is 2.39. The third-order valence-electron chi connectivity index (χ3n) is 4.03. The van der Waals surface area contributed by atoms with Gasteiger partial charge in [0.15, 0.2) is 6.17 Å². The molecule has 3 aromatic carbocycles. The molecule has 1 atom stereocenters. The van der Waals surface area contributed by atoms with Gasteiger partial charge in [-0.3, -0.25) is 0 Å². The van der Waals surface area contributed by atoms with Crippen LogP contribution in [0.5, 0.6) is 0 Å². The van der Waals surface area contributed by atoms with Crippen molar-refractivity contribution in [2.24, 2.45) is 0 Å². The van der Waals surface area contributed by atoms with E-state index in [-0.39, 0.29) is 0 Å². The number of halogens is 1. The van der Waals surface area contributed by atoms with Crippen LogP contribution in [-0.2, 0) is 4.84 Å². The summed E-state index contributed by atoms with van der Waals surface area (Å²) in [5, 5.41) is 1.65. The highest BCUT2D eigenvalue weighted by Gasteiger charge is 2.42. The van der Waals surface area contributed by atoms with Crippen LogP contribution in [0.4, 0.5) is 16.2 Å². The second kappa shape index (κ2) is 6.61. The Hall–Kier alpha value is -2.79. The van der Waals surface area contributed by atoms with E-state index in [1.54, 1.807) is 9.96 Å². The zero-order valence-corrected chi connectivity index (χ0v) is 14.8. The molecule has 0 saturated carbocycles. The lowest BCUT2D eigenvalue weighted by atomic mass is 10.1. The molecule has 1 fully saturated rings. The van der Waals surface area contributed by atoms with Gasteiger partial charge in [0.2, 0.25) is 0 Å². The molecule has 1 aliphatic rings. The molecule has 0 bridgehead atoms. The second-order valence-electron chi connectivity index (χ2n) is 5.65. The van der Waals surface area contributed by atoms with Gasteiger partial charge in [-0.25, -0.2) is 9.69 Å². The van der Waals surface area contributed by atoms with E-state index in [9.17, 15) is 4.79 Å². The molecule has 1 aliphatic heterocycles. The van der Waals surface area contributed by atoms with E-state index < -0.39 is 12.3 Å². The molecule has 5 heteroatoms. The fourth-order valence-electron chi connectivity index (χ4n) is 2.94. The van der Waals surface area contributed by atoms with E-state index in [2.05, 4.69) is 15.9 Å². The molecule has 0 aliphatic carbocycles. The maximum Gasteiger partial charge on any atom is 0.440 e. The third-order valence-corrected chi connectivity index (χ3v) is 4.52. The normalized spacial score (nSPS) is 16.8. The van der Waals surface area contributed by atoms with Crippen LogP contribution in [0.2, 0.25) is 0 Å². The molecule has 1 heterocycles. The van der Waals surface area contributed by atoms with Crippen LogP contribution in [0.15, 0.2) is 89.4 Å². The number of hydrogen-bond donors (Lipinski definition) is 0. The Kier molecular flexibility index (Phi) is 4.15. The molecule has 3 aromatic rings. The highest BCUT2D eigenvalue weighted by atomic mass is 79.9. The number of rotatable bonds is 3. The van der Waals surface area contributed by atoms with Gasteiger partial charge in [0, 0.05) is 10.2 Å². The average Bonchev–Trinajstić information content (AvgIpc) is 3.00. The van der Waals surface area contributed by atoms with Crippen molar-refractivity contribution in [3.8, 4) is 0 Å². The van der Waals surface area contributed by atoms with Crippen molar-refractivity contribution in [3.63, 3.8) is 0 Å². The van der Waals surface area contributed by atoms with E-state index in [4.69, 9.17) is 4.84 Å². The quantitative estimate of drug-likeness (QED) is 0.585. The molecular weight excluding hydrogens is 380 g/mol. The van der Waals surface area contributed by atoms with Crippen molar-refractivity contribution in [1.82, 2.24) is 0 Å². The van der Waals surface area contributed by atoms with Crippen LogP contribution in [0.1, 0.15) is 11.7 Å². The summed E-state index contributed by atoms with van der Waals surface area (Å²) in [5.74, 6) is 0. The Labute approximate surface area is 154 Å². The standard InChI is InChI=1S/C20H15BrN2O2/c21-16-9-7-8-15(14-16)19-22(17-10-3-1-4-11-17)20(24)25-23(19)18-12-5-2-6-13-18/h1-14,19H/t19-/m0/s1. The van der Waals surface area contributed by atoms with Gasteiger partial charge in [-0.2, -0.15) is 5.06 Å². The number of benzene rings is 3. The lowest BCUT2D eigenvalue weighted by molar-refractivity contribution is 0.164. The van der Waals surface area contributed by atoms with Crippen molar-refractivity contribution in [3.05, 3.63) is 95.0 Å². The molecule has 0 unspecified atom stereocenters. The van der Waals surface area contributed by atoms with Crippen molar-refractivity contribution < 1.29 is 9.63 Å². The number of amides is 1. The summed E-state index contributed by atoms with van der Waals surface area (Å²) in [5.41, 5.74) is 2.56. The van der Waals surface area contributed by atoms with Crippen LogP contribution >= 0.6 is 15.9 Å². The number of hydroxylamine groups is 1. The van der Waals surface area contributed by atoms with E-state index in [1.807, 2.05) is 84.9 Å². The minimum atomic E-state index is -0.403. The summed E-state index contributed by atoms with van der Waals surface area (Å²) >= 11 is 3.51. The monoisotopic (exact) mass is 394 g/mol. The summed E-state index contributed by atoms with van der Waals surface area (Å²) < 4.78 is 0.949. The summed E-state index contributed by atoms with van der Waals surface area (Å²) in [6.45, 7) is 0. The minimum Gasteiger partial charge on any atom is -0.319 e. The molecule has 0 radical (unpaired) electrons. The number of carbonyl (C=O) groups is 1. The zero-order valence-electron chi connectivity index (χ0n) is 13.2. The molecule has 4 rings (SSSR count). The minimum absolute atomic E-state index is 0.394. The molecule has 0 N–H and O–H groups in total. The first-order valence-corrected chi connectivity index (χ1v) is 8.69. The summed E-state index contributed by atoms with van der Waals surface area (Å²) in [6, 6.07) is 27.1. The lowest BCUT2D eigenvalue weighted by Crippen LogP contribution is -2.31. The predicted octanol–water partition coefficient (Wildman–Crippen LogP) is 5.53. The predicted molar refractivity (Wildman–Crippen MR) is 101 cm³/mol. The Morgan fingerprint density at radius 1 is 0.800 bits per heavy atom. The molecule has 25 heavy (non-hydrogen) atoms. The SMILES string of the molecule is O=C1ON(c2ccccc2)[C@@H](c2cccc(Br)c2)N1c1ccccc1. The first kappa shape index (κ1) is 15.7. The number of nitrogens with zero attached hydrogens (tertiary/aromatic N) is 2. The Morgan fingerprint density at radius 2 is 1.44 bits per heavy atom. The summed E-state index contributed by atoms with van der Waals surface area (Å²) in [7, 11) is 0. The molecule has 4 nitrogen and oxygen atoms in total. The largest absolute Gasteiger partial charge is 0.440 e. The van der Waals surface area contributed by atoms with E-state index >= 15 is 0 Å². The van der Waals surface area contributed by atoms with Gasteiger partial charge in [-0.1, -0.05) is 64.5 Å². The van der Waals surface area contributed by atoms with Gasteiger partial charge in [-0.05, 0) is 42.0 Å². The van der Waals surface area contributed by atoms with E-state index in [0.717, 1.165) is 21.4 Å². The first-order valence-electron chi connectivity index (χ1n) is 7.90. The maximum absolute atomic E-state index is 12.7. The lowest BCUT2D eigenvalue weighted by Gasteiger charge is -2.27. The number of carbonyl (C=O) groups excluding carboxylic acids is 1. The Bertz CT molecular complexity index is 886. The molecule has 0 spiro atoms. The fourth-order valence-corrected chi connectivity index (χ4v) is 3.36. The second-order valence-corrected chi connectivity index (χ2v) is 6.57. The van der Waals surface area contributed by atoms with Crippen molar-refractivity contribution in [1.29, 1.82) is 0 Å². The smallest absolute Gasteiger partial charge is 0.319 e. The van der Waals surface area contributed by atoms with Crippen molar-refractivity contribution in [2.45, 2.75) is 6.17 Å². The van der Waals surface area contributed by atoms with Crippen LogP contribution in [0.3, 0.4) is 0 Å². The molecule has 0 aromatic heterocycles. The van der Waals surface area contributed by atoms with Crippen LogP contribution in [-0.4, -0.2) is 6.09 Å². The number of para-hydroxylation sites is 2. The average molecular weight is 395 g/mol. The van der Waals surface area contributed by atoms with Gasteiger partial charge < -0.3 is 4.84 Å². The Morgan fingerprint density at radius 3 is 2.08 bits per heavy atom. The third kappa shape index (κ3) is 2.98. The van der Waals surface area contributed by atoms with Crippen molar-refractivity contribution in [2.75, 3.05) is 9.96 Å². The van der Waals surface area contributed by atoms with Gasteiger partial charge in [0.25, 0.3) is 0 Å². The fraction of sp³-hybridized carbons (Fsp3) is 0.0500. The number of hydrogen-bond acceptors (Lipinski definition) is 3.